The minimum Gasteiger partial charge on any atom is -0.392 e. The zero-order valence-electron chi connectivity index (χ0n) is 9.66. The molecule has 1 unspecified atom stereocenters. The lowest BCUT2D eigenvalue weighted by Crippen LogP contribution is -2.25. The van der Waals surface area contributed by atoms with Gasteiger partial charge in [0.05, 0.1) is 6.61 Å². The van der Waals surface area contributed by atoms with E-state index in [-0.39, 0.29) is 6.61 Å². The van der Waals surface area contributed by atoms with Crippen molar-refractivity contribution in [2.24, 2.45) is 0 Å². The average molecular weight is 207 g/mol. The predicted octanol–water partition coefficient (Wildman–Crippen LogP) is 2.46. The van der Waals surface area contributed by atoms with Gasteiger partial charge in [0.15, 0.2) is 0 Å². The molecule has 2 nitrogen and oxygen atoms in total. The minimum absolute atomic E-state index is 0.125. The van der Waals surface area contributed by atoms with Crippen LogP contribution in [0.5, 0.6) is 0 Å². The van der Waals surface area contributed by atoms with Crippen molar-refractivity contribution in [1.82, 2.24) is 5.32 Å². The topological polar surface area (TPSA) is 32.3 Å². The Balaban J connectivity index is 2.37. The lowest BCUT2D eigenvalue weighted by Gasteiger charge is -2.12. The Labute approximate surface area is 92.3 Å². The van der Waals surface area contributed by atoms with Crippen molar-refractivity contribution >= 4 is 0 Å². The molecule has 1 aromatic carbocycles. The fourth-order valence-electron chi connectivity index (χ4n) is 1.59. The Kier molecular flexibility index (Phi) is 5.37. The van der Waals surface area contributed by atoms with Gasteiger partial charge in [0.1, 0.15) is 0 Å². The maximum Gasteiger partial charge on any atom is 0.0681 e. The largest absolute Gasteiger partial charge is 0.392 e. The molecular weight excluding hydrogens is 186 g/mol. The highest BCUT2D eigenvalue weighted by atomic mass is 16.3. The van der Waals surface area contributed by atoms with Gasteiger partial charge in [0, 0.05) is 12.6 Å². The molecular formula is C13H21NO. The Hall–Kier alpha value is -0.860. The summed E-state index contributed by atoms with van der Waals surface area (Å²) in [6, 6.07) is 8.66. The normalized spacial score (nSPS) is 12.7. The standard InChI is InChI=1S/C13H21NO/c1-3-4-11(2)14-9-12-5-7-13(10-15)8-6-12/h5-8,11,14-15H,3-4,9-10H2,1-2H3. The molecule has 15 heavy (non-hydrogen) atoms. The molecule has 0 saturated heterocycles. The van der Waals surface area contributed by atoms with Gasteiger partial charge in [0.25, 0.3) is 0 Å². The van der Waals surface area contributed by atoms with Crippen LogP contribution in [0.2, 0.25) is 0 Å². The number of rotatable bonds is 6. The van der Waals surface area contributed by atoms with Gasteiger partial charge in [-0.2, -0.15) is 0 Å². The van der Waals surface area contributed by atoms with E-state index >= 15 is 0 Å². The van der Waals surface area contributed by atoms with Crippen LogP contribution in [0.25, 0.3) is 0 Å². The first-order valence-electron chi connectivity index (χ1n) is 5.68. The van der Waals surface area contributed by atoms with Crippen LogP contribution >= 0.6 is 0 Å². The molecule has 1 atom stereocenters. The van der Waals surface area contributed by atoms with Crippen LogP contribution in [0.1, 0.15) is 37.8 Å². The molecule has 0 amide bonds. The van der Waals surface area contributed by atoms with Crippen molar-refractivity contribution in [3.63, 3.8) is 0 Å². The second kappa shape index (κ2) is 6.59. The molecule has 0 aliphatic carbocycles. The van der Waals surface area contributed by atoms with Gasteiger partial charge in [-0.3, -0.25) is 0 Å². The molecule has 0 aromatic heterocycles. The molecule has 1 rings (SSSR count). The van der Waals surface area contributed by atoms with Gasteiger partial charge in [-0.15, -0.1) is 0 Å². The summed E-state index contributed by atoms with van der Waals surface area (Å²) in [6.45, 7) is 5.45. The highest BCUT2D eigenvalue weighted by Gasteiger charge is 1.99. The number of benzene rings is 1. The third-order valence-electron chi connectivity index (χ3n) is 2.58. The number of hydrogen-bond acceptors (Lipinski definition) is 2. The van der Waals surface area contributed by atoms with Crippen molar-refractivity contribution in [3.05, 3.63) is 35.4 Å². The van der Waals surface area contributed by atoms with E-state index in [0.29, 0.717) is 6.04 Å². The van der Waals surface area contributed by atoms with E-state index in [1.54, 1.807) is 0 Å². The quantitative estimate of drug-likeness (QED) is 0.751. The minimum atomic E-state index is 0.125. The fourth-order valence-corrected chi connectivity index (χ4v) is 1.59. The van der Waals surface area contributed by atoms with Crippen molar-refractivity contribution in [2.45, 2.75) is 45.9 Å². The molecule has 2 N–H and O–H groups in total. The highest BCUT2D eigenvalue weighted by Crippen LogP contribution is 2.05. The zero-order valence-corrected chi connectivity index (χ0v) is 9.66. The Morgan fingerprint density at radius 2 is 1.80 bits per heavy atom. The summed E-state index contributed by atoms with van der Waals surface area (Å²) in [5.41, 5.74) is 2.25. The van der Waals surface area contributed by atoms with Gasteiger partial charge in [0.2, 0.25) is 0 Å². The molecule has 0 fully saturated rings. The Morgan fingerprint density at radius 1 is 1.20 bits per heavy atom. The van der Waals surface area contributed by atoms with E-state index in [2.05, 4.69) is 31.3 Å². The Bertz CT molecular complexity index is 268. The van der Waals surface area contributed by atoms with Gasteiger partial charge in [-0.05, 0) is 24.5 Å². The molecule has 0 saturated carbocycles. The molecule has 0 aliphatic rings. The highest BCUT2D eigenvalue weighted by molar-refractivity contribution is 5.21. The van der Waals surface area contributed by atoms with E-state index in [1.165, 1.54) is 18.4 Å². The summed E-state index contributed by atoms with van der Waals surface area (Å²) in [7, 11) is 0. The van der Waals surface area contributed by atoms with E-state index in [1.807, 2.05) is 12.1 Å². The Morgan fingerprint density at radius 3 is 2.33 bits per heavy atom. The lowest BCUT2D eigenvalue weighted by atomic mass is 10.1. The van der Waals surface area contributed by atoms with Gasteiger partial charge in [-0.25, -0.2) is 0 Å². The predicted molar refractivity (Wildman–Crippen MR) is 63.6 cm³/mol. The second-order valence-electron chi connectivity index (χ2n) is 4.05. The summed E-state index contributed by atoms with van der Waals surface area (Å²) in [5, 5.41) is 12.4. The number of aliphatic hydroxyl groups excluding tert-OH is 1. The number of nitrogens with one attached hydrogen (secondary N) is 1. The van der Waals surface area contributed by atoms with Crippen LogP contribution in [-0.4, -0.2) is 11.1 Å². The summed E-state index contributed by atoms with van der Waals surface area (Å²) in [6.07, 6.45) is 2.44. The molecule has 0 heterocycles. The molecule has 0 aliphatic heterocycles. The molecule has 1 aromatic rings. The molecule has 0 radical (unpaired) electrons. The van der Waals surface area contributed by atoms with Crippen LogP contribution in [0.4, 0.5) is 0 Å². The van der Waals surface area contributed by atoms with Crippen LogP contribution < -0.4 is 5.32 Å². The smallest absolute Gasteiger partial charge is 0.0681 e. The molecule has 2 heteroatoms. The van der Waals surface area contributed by atoms with Crippen LogP contribution in [0.3, 0.4) is 0 Å². The van der Waals surface area contributed by atoms with Crippen LogP contribution in [0, 0.1) is 0 Å². The average Bonchev–Trinajstić information content (AvgIpc) is 2.27. The maximum atomic E-state index is 8.90. The molecule has 84 valence electrons. The van der Waals surface area contributed by atoms with Crippen molar-refractivity contribution in [1.29, 1.82) is 0 Å². The zero-order chi connectivity index (χ0) is 11.1. The first-order chi connectivity index (χ1) is 7.26. The summed E-state index contributed by atoms with van der Waals surface area (Å²) in [5.74, 6) is 0. The van der Waals surface area contributed by atoms with Crippen molar-refractivity contribution in [3.8, 4) is 0 Å². The van der Waals surface area contributed by atoms with E-state index < -0.39 is 0 Å². The maximum absolute atomic E-state index is 8.90. The van der Waals surface area contributed by atoms with Gasteiger partial charge in [-0.1, -0.05) is 37.6 Å². The lowest BCUT2D eigenvalue weighted by molar-refractivity contribution is 0.282. The summed E-state index contributed by atoms with van der Waals surface area (Å²) in [4.78, 5) is 0. The van der Waals surface area contributed by atoms with Gasteiger partial charge < -0.3 is 10.4 Å². The number of aliphatic hydroxyl groups is 1. The number of hydrogen-bond donors (Lipinski definition) is 2. The van der Waals surface area contributed by atoms with Crippen molar-refractivity contribution < 1.29 is 5.11 Å². The molecule has 0 bridgehead atoms. The fraction of sp³-hybridized carbons (Fsp3) is 0.538. The first kappa shape index (κ1) is 12.2. The second-order valence-corrected chi connectivity index (χ2v) is 4.05. The van der Waals surface area contributed by atoms with Gasteiger partial charge >= 0.3 is 0 Å². The van der Waals surface area contributed by atoms with E-state index in [0.717, 1.165) is 12.1 Å². The van der Waals surface area contributed by atoms with Crippen molar-refractivity contribution in [2.75, 3.05) is 0 Å². The van der Waals surface area contributed by atoms with Crippen LogP contribution in [-0.2, 0) is 13.2 Å². The third-order valence-corrected chi connectivity index (χ3v) is 2.58. The van der Waals surface area contributed by atoms with Crippen LogP contribution in [0.15, 0.2) is 24.3 Å². The first-order valence-corrected chi connectivity index (χ1v) is 5.68. The summed E-state index contributed by atoms with van der Waals surface area (Å²) >= 11 is 0. The van der Waals surface area contributed by atoms with E-state index in [9.17, 15) is 0 Å². The SMILES string of the molecule is CCCC(C)NCc1ccc(CO)cc1. The monoisotopic (exact) mass is 207 g/mol. The van der Waals surface area contributed by atoms with E-state index in [4.69, 9.17) is 5.11 Å². The molecule has 0 spiro atoms. The summed E-state index contributed by atoms with van der Waals surface area (Å²) < 4.78 is 0. The third kappa shape index (κ3) is 4.45.